The molecule has 0 fully saturated rings. The maximum Gasteiger partial charge on any atom is 0.126 e. The minimum Gasteiger partial charge on any atom is -0.507 e. The van der Waals surface area contributed by atoms with Crippen molar-refractivity contribution in [2.24, 2.45) is 0 Å². The summed E-state index contributed by atoms with van der Waals surface area (Å²) in [6.07, 6.45) is 0. The third kappa shape index (κ3) is 3.02. The molecule has 20 heavy (non-hydrogen) atoms. The van der Waals surface area contributed by atoms with E-state index in [2.05, 4.69) is 5.32 Å². The Kier molecular flexibility index (Phi) is 4.13. The van der Waals surface area contributed by atoms with Gasteiger partial charge in [-0.25, -0.2) is 4.39 Å². The van der Waals surface area contributed by atoms with Crippen LogP contribution < -0.4 is 10.1 Å². The molecule has 106 valence electrons. The highest BCUT2D eigenvalue weighted by Gasteiger charge is 2.11. The van der Waals surface area contributed by atoms with Crippen molar-refractivity contribution in [3.63, 3.8) is 0 Å². The first-order valence-corrected chi connectivity index (χ1v) is 6.41. The summed E-state index contributed by atoms with van der Waals surface area (Å²) >= 11 is 0. The third-order valence-electron chi connectivity index (χ3n) is 3.24. The number of anilines is 1. The van der Waals surface area contributed by atoms with Gasteiger partial charge in [0.15, 0.2) is 0 Å². The Morgan fingerprint density at radius 3 is 2.55 bits per heavy atom. The summed E-state index contributed by atoms with van der Waals surface area (Å²) in [7, 11) is 1.63. The number of aromatic hydroxyl groups is 1. The number of halogens is 1. The molecule has 0 bridgehead atoms. The van der Waals surface area contributed by atoms with E-state index in [0.29, 0.717) is 5.56 Å². The van der Waals surface area contributed by atoms with Crippen molar-refractivity contribution >= 4 is 5.69 Å². The van der Waals surface area contributed by atoms with Crippen LogP contribution in [0.2, 0.25) is 0 Å². The third-order valence-corrected chi connectivity index (χ3v) is 3.24. The van der Waals surface area contributed by atoms with Gasteiger partial charge in [0.1, 0.15) is 17.3 Å². The van der Waals surface area contributed by atoms with Gasteiger partial charge in [-0.15, -0.1) is 0 Å². The number of methoxy groups -OCH3 is 1. The van der Waals surface area contributed by atoms with Gasteiger partial charge < -0.3 is 15.2 Å². The van der Waals surface area contributed by atoms with Gasteiger partial charge >= 0.3 is 0 Å². The van der Waals surface area contributed by atoms with Gasteiger partial charge in [-0.2, -0.15) is 0 Å². The Balaban J connectivity index is 2.18. The molecule has 0 amide bonds. The summed E-state index contributed by atoms with van der Waals surface area (Å²) in [4.78, 5) is 0. The summed E-state index contributed by atoms with van der Waals surface area (Å²) in [6, 6.07) is 9.66. The zero-order valence-corrected chi connectivity index (χ0v) is 11.8. The smallest absolute Gasteiger partial charge is 0.126 e. The lowest BCUT2D eigenvalue weighted by Gasteiger charge is -2.18. The molecule has 4 heteroatoms. The lowest BCUT2D eigenvalue weighted by Crippen LogP contribution is -2.07. The van der Waals surface area contributed by atoms with Crippen molar-refractivity contribution in [3.8, 4) is 11.5 Å². The zero-order valence-electron chi connectivity index (χ0n) is 11.8. The fourth-order valence-corrected chi connectivity index (χ4v) is 2.18. The predicted octanol–water partition coefficient (Wildman–Crippen LogP) is 4.02. The van der Waals surface area contributed by atoms with E-state index in [1.54, 1.807) is 13.2 Å². The van der Waals surface area contributed by atoms with Gasteiger partial charge in [-0.1, -0.05) is 6.07 Å². The molecule has 0 aliphatic heterocycles. The summed E-state index contributed by atoms with van der Waals surface area (Å²) < 4.78 is 18.2. The van der Waals surface area contributed by atoms with Crippen molar-refractivity contribution in [1.82, 2.24) is 0 Å². The fraction of sp³-hybridized carbons (Fsp3) is 0.250. The number of ether oxygens (including phenoxy) is 1. The summed E-state index contributed by atoms with van der Waals surface area (Å²) in [5.74, 6) is 0.335. The molecule has 0 aromatic heterocycles. The predicted molar refractivity (Wildman–Crippen MR) is 77.8 cm³/mol. The number of hydrogen-bond acceptors (Lipinski definition) is 3. The maximum atomic E-state index is 13.0. The molecule has 0 aliphatic rings. The molecule has 0 radical (unpaired) electrons. The highest BCUT2D eigenvalue weighted by molar-refractivity contribution is 5.52. The molecular weight excluding hydrogens is 257 g/mol. The second-order valence-electron chi connectivity index (χ2n) is 4.75. The highest BCUT2D eigenvalue weighted by Crippen LogP contribution is 2.29. The first-order valence-electron chi connectivity index (χ1n) is 6.41. The van der Waals surface area contributed by atoms with E-state index in [1.165, 1.54) is 6.07 Å². The lowest BCUT2D eigenvalue weighted by atomic mass is 10.1. The zero-order chi connectivity index (χ0) is 14.7. The van der Waals surface area contributed by atoms with Crippen molar-refractivity contribution in [2.75, 3.05) is 12.4 Å². The maximum absolute atomic E-state index is 13.0. The van der Waals surface area contributed by atoms with Gasteiger partial charge in [0, 0.05) is 17.3 Å². The molecule has 3 nitrogen and oxygen atoms in total. The Labute approximate surface area is 118 Å². The van der Waals surface area contributed by atoms with Crippen LogP contribution >= 0.6 is 0 Å². The molecule has 2 rings (SSSR count). The topological polar surface area (TPSA) is 41.5 Å². The van der Waals surface area contributed by atoms with Crippen LogP contribution in [0.1, 0.15) is 24.1 Å². The molecule has 0 saturated carbocycles. The number of rotatable bonds is 4. The fourth-order valence-electron chi connectivity index (χ4n) is 2.18. The van der Waals surface area contributed by atoms with Gasteiger partial charge in [-0.05, 0) is 43.7 Å². The van der Waals surface area contributed by atoms with E-state index in [4.69, 9.17) is 4.74 Å². The normalized spacial score (nSPS) is 12.0. The number of phenolic OH excluding ortho intramolecular Hbond substituents is 1. The lowest BCUT2D eigenvalue weighted by molar-refractivity contribution is 0.412. The Morgan fingerprint density at radius 2 is 1.95 bits per heavy atom. The average Bonchev–Trinajstić information content (AvgIpc) is 2.38. The van der Waals surface area contributed by atoms with Crippen molar-refractivity contribution < 1.29 is 14.2 Å². The number of phenols is 1. The molecule has 1 unspecified atom stereocenters. The van der Waals surface area contributed by atoms with E-state index in [1.807, 2.05) is 32.0 Å². The van der Waals surface area contributed by atoms with Crippen LogP contribution in [-0.2, 0) is 0 Å². The number of benzene rings is 2. The van der Waals surface area contributed by atoms with Crippen LogP contribution in [-0.4, -0.2) is 12.2 Å². The van der Waals surface area contributed by atoms with Crippen LogP contribution in [0.15, 0.2) is 36.4 Å². The summed E-state index contributed by atoms with van der Waals surface area (Å²) in [5.41, 5.74) is 2.59. The molecule has 0 aliphatic carbocycles. The van der Waals surface area contributed by atoms with E-state index >= 15 is 0 Å². The molecule has 0 saturated heterocycles. The Morgan fingerprint density at radius 1 is 1.20 bits per heavy atom. The SMILES string of the molecule is COc1ccc(NC(C)c2ccc(F)cc2O)cc1C. The molecule has 1 atom stereocenters. The minimum atomic E-state index is -0.446. The molecule has 2 N–H and O–H groups in total. The van der Waals surface area contributed by atoms with Crippen molar-refractivity contribution in [1.29, 1.82) is 0 Å². The molecule has 0 spiro atoms. The standard InChI is InChI=1S/C16H18FNO2/c1-10-8-13(5-7-16(10)20-3)18-11(2)14-6-4-12(17)9-15(14)19/h4-9,11,18-19H,1-3H3. The van der Waals surface area contributed by atoms with E-state index in [0.717, 1.165) is 23.1 Å². The van der Waals surface area contributed by atoms with Crippen LogP contribution in [0.25, 0.3) is 0 Å². The van der Waals surface area contributed by atoms with Crippen molar-refractivity contribution in [3.05, 3.63) is 53.3 Å². The Bertz CT molecular complexity index is 613. The second-order valence-corrected chi connectivity index (χ2v) is 4.75. The van der Waals surface area contributed by atoms with Crippen LogP contribution in [0.5, 0.6) is 11.5 Å². The minimum absolute atomic E-state index is 0.0461. The highest BCUT2D eigenvalue weighted by atomic mass is 19.1. The number of nitrogens with one attached hydrogen (secondary N) is 1. The van der Waals surface area contributed by atoms with Crippen LogP contribution in [0.4, 0.5) is 10.1 Å². The Hall–Kier alpha value is -2.23. The summed E-state index contributed by atoms with van der Waals surface area (Å²) in [5, 5.41) is 13.0. The number of hydrogen-bond donors (Lipinski definition) is 2. The van der Waals surface area contributed by atoms with Gasteiger partial charge in [0.05, 0.1) is 13.2 Å². The van der Waals surface area contributed by atoms with Gasteiger partial charge in [0.25, 0.3) is 0 Å². The van der Waals surface area contributed by atoms with Crippen LogP contribution in [0, 0.1) is 12.7 Å². The first-order chi connectivity index (χ1) is 9.51. The molecule has 2 aromatic rings. The van der Waals surface area contributed by atoms with Gasteiger partial charge in [0.2, 0.25) is 0 Å². The van der Waals surface area contributed by atoms with E-state index in [9.17, 15) is 9.50 Å². The molecule has 0 heterocycles. The monoisotopic (exact) mass is 275 g/mol. The number of aryl methyl sites for hydroxylation is 1. The second kappa shape index (κ2) is 5.82. The summed E-state index contributed by atoms with van der Waals surface area (Å²) in [6.45, 7) is 3.87. The average molecular weight is 275 g/mol. The first kappa shape index (κ1) is 14.2. The van der Waals surface area contributed by atoms with Crippen LogP contribution in [0.3, 0.4) is 0 Å². The van der Waals surface area contributed by atoms with Gasteiger partial charge in [-0.3, -0.25) is 0 Å². The van der Waals surface area contributed by atoms with Crippen molar-refractivity contribution in [2.45, 2.75) is 19.9 Å². The molecular formula is C16H18FNO2. The largest absolute Gasteiger partial charge is 0.507 e. The van der Waals surface area contributed by atoms with E-state index < -0.39 is 5.82 Å². The molecule has 2 aromatic carbocycles. The van der Waals surface area contributed by atoms with E-state index in [-0.39, 0.29) is 11.8 Å². The quantitative estimate of drug-likeness (QED) is 0.885.